The standard InChI is InChI=1S/C17H24N4O2S/c1-22-11-9-20-17(21-13-16-18-10-12-24-16)19-8-7-14-3-5-15(23-2)6-4-14/h3-6,10,12H,7-9,11,13H2,1-2H3,(H2,19,20,21). The van der Waals surface area contributed by atoms with Crippen LogP contribution in [0.1, 0.15) is 10.6 Å². The van der Waals surface area contributed by atoms with Crippen LogP contribution >= 0.6 is 11.3 Å². The maximum absolute atomic E-state index is 5.17. The van der Waals surface area contributed by atoms with Gasteiger partial charge in [0, 0.05) is 31.8 Å². The second-order valence-corrected chi connectivity index (χ2v) is 6.01. The highest BCUT2D eigenvalue weighted by Crippen LogP contribution is 2.11. The summed E-state index contributed by atoms with van der Waals surface area (Å²) in [4.78, 5) is 8.81. The summed E-state index contributed by atoms with van der Waals surface area (Å²) in [5, 5.41) is 9.56. The lowest BCUT2D eigenvalue weighted by atomic mass is 10.1. The first kappa shape index (κ1) is 18.2. The Kier molecular flexibility index (Phi) is 8.06. The van der Waals surface area contributed by atoms with Crippen molar-refractivity contribution in [3.8, 4) is 5.75 Å². The zero-order valence-electron chi connectivity index (χ0n) is 14.1. The largest absolute Gasteiger partial charge is 0.497 e. The minimum atomic E-state index is 0.572. The predicted octanol–water partition coefficient (Wildman–Crippen LogP) is 2.08. The predicted molar refractivity (Wildman–Crippen MR) is 97.8 cm³/mol. The molecule has 1 aromatic carbocycles. The van der Waals surface area contributed by atoms with Crippen molar-refractivity contribution in [3.05, 3.63) is 46.4 Å². The van der Waals surface area contributed by atoms with Crippen molar-refractivity contribution in [2.75, 3.05) is 33.9 Å². The summed E-state index contributed by atoms with van der Waals surface area (Å²) in [5.74, 6) is 1.65. The van der Waals surface area contributed by atoms with E-state index in [1.54, 1.807) is 31.8 Å². The van der Waals surface area contributed by atoms with Crippen LogP contribution in [0, 0.1) is 0 Å². The molecule has 2 rings (SSSR count). The Hall–Kier alpha value is -2.12. The van der Waals surface area contributed by atoms with Gasteiger partial charge in [0.1, 0.15) is 10.8 Å². The minimum Gasteiger partial charge on any atom is -0.497 e. The molecule has 130 valence electrons. The summed E-state index contributed by atoms with van der Waals surface area (Å²) >= 11 is 1.61. The molecule has 0 radical (unpaired) electrons. The molecule has 0 amide bonds. The molecular formula is C17H24N4O2S. The fourth-order valence-electron chi connectivity index (χ4n) is 2.04. The van der Waals surface area contributed by atoms with Gasteiger partial charge in [-0.25, -0.2) is 9.98 Å². The SMILES string of the molecule is COCCNC(=NCc1nccs1)NCCc1ccc(OC)cc1. The van der Waals surface area contributed by atoms with Crippen molar-refractivity contribution in [3.63, 3.8) is 0 Å². The van der Waals surface area contributed by atoms with Gasteiger partial charge in [-0.1, -0.05) is 12.1 Å². The van der Waals surface area contributed by atoms with E-state index in [0.29, 0.717) is 19.7 Å². The van der Waals surface area contributed by atoms with Crippen LogP contribution in [0.2, 0.25) is 0 Å². The first-order chi connectivity index (χ1) is 11.8. The molecule has 7 heteroatoms. The van der Waals surface area contributed by atoms with Gasteiger partial charge in [-0.15, -0.1) is 11.3 Å². The molecule has 0 bridgehead atoms. The first-order valence-corrected chi connectivity index (χ1v) is 8.72. The third-order valence-electron chi connectivity index (χ3n) is 3.32. The van der Waals surface area contributed by atoms with E-state index in [0.717, 1.165) is 29.7 Å². The van der Waals surface area contributed by atoms with Crippen LogP contribution in [0.25, 0.3) is 0 Å². The van der Waals surface area contributed by atoms with E-state index in [1.165, 1.54) is 5.56 Å². The summed E-state index contributed by atoms with van der Waals surface area (Å²) in [7, 11) is 3.36. The number of benzene rings is 1. The van der Waals surface area contributed by atoms with Gasteiger partial charge in [0.2, 0.25) is 0 Å². The lowest BCUT2D eigenvalue weighted by Crippen LogP contribution is -2.40. The van der Waals surface area contributed by atoms with Crippen LogP contribution < -0.4 is 15.4 Å². The normalized spacial score (nSPS) is 11.3. The second-order valence-electron chi connectivity index (χ2n) is 5.04. The van der Waals surface area contributed by atoms with E-state index in [2.05, 4.69) is 32.7 Å². The van der Waals surface area contributed by atoms with Crippen LogP contribution in [0.3, 0.4) is 0 Å². The average molecular weight is 348 g/mol. The van der Waals surface area contributed by atoms with Gasteiger partial charge in [-0.05, 0) is 24.1 Å². The van der Waals surface area contributed by atoms with Crippen molar-refractivity contribution >= 4 is 17.3 Å². The Morgan fingerprint density at radius 1 is 1.17 bits per heavy atom. The number of thiazole rings is 1. The Morgan fingerprint density at radius 2 is 1.96 bits per heavy atom. The van der Waals surface area contributed by atoms with Gasteiger partial charge in [0.25, 0.3) is 0 Å². The van der Waals surface area contributed by atoms with E-state index >= 15 is 0 Å². The minimum absolute atomic E-state index is 0.572. The summed E-state index contributed by atoms with van der Waals surface area (Å²) in [6.07, 6.45) is 2.71. The summed E-state index contributed by atoms with van der Waals surface area (Å²) in [6.45, 7) is 2.71. The topological polar surface area (TPSA) is 67.8 Å². The second kappa shape index (κ2) is 10.6. The molecule has 0 fully saturated rings. The molecule has 2 aromatic rings. The average Bonchev–Trinajstić information content (AvgIpc) is 3.13. The van der Waals surface area contributed by atoms with Crippen LogP contribution in [0.5, 0.6) is 5.75 Å². The Morgan fingerprint density at radius 3 is 2.62 bits per heavy atom. The molecule has 0 aliphatic heterocycles. The van der Waals surface area contributed by atoms with Gasteiger partial charge in [-0.2, -0.15) is 0 Å². The molecule has 1 aromatic heterocycles. The maximum atomic E-state index is 5.17. The number of aliphatic imine (C=N–C) groups is 1. The van der Waals surface area contributed by atoms with Crippen molar-refractivity contribution in [1.29, 1.82) is 0 Å². The van der Waals surface area contributed by atoms with Gasteiger partial charge in [-0.3, -0.25) is 0 Å². The number of guanidine groups is 1. The van der Waals surface area contributed by atoms with Gasteiger partial charge >= 0.3 is 0 Å². The third kappa shape index (κ3) is 6.55. The summed E-state index contributed by atoms with van der Waals surface area (Å²) < 4.78 is 10.2. The number of aromatic nitrogens is 1. The van der Waals surface area contributed by atoms with Crippen LogP contribution in [0.15, 0.2) is 40.8 Å². The molecule has 0 aliphatic rings. The zero-order chi connectivity index (χ0) is 17.0. The van der Waals surface area contributed by atoms with Crippen LogP contribution in [0.4, 0.5) is 0 Å². The highest BCUT2D eigenvalue weighted by molar-refractivity contribution is 7.09. The highest BCUT2D eigenvalue weighted by atomic mass is 32.1. The molecule has 1 heterocycles. The number of rotatable bonds is 9. The van der Waals surface area contributed by atoms with E-state index in [-0.39, 0.29) is 0 Å². The smallest absolute Gasteiger partial charge is 0.191 e. The summed E-state index contributed by atoms with van der Waals surface area (Å²) in [5.41, 5.74) is 1.25. The number of nitrogens with one attached hydrogen (secondary N) is 2. The third-order valence-corrected chi connectivity index (χ3v) is 4.08. The molecule has 2 N–H and O–H groups in total. The quantitative estimate of drug-likeness (QED) is 0.413. The van der Waals surface area contributed by atoms with Crippen molar-refractivity contribution in [1.82, 2.24) is 15.6 Å². The molecule has 6 nitrogen and oxygen atoms in total. The molecule has 0 saturated heterocycles. The van der Waals surface area contributed by atoms with E-state index in [4.69, 9.17) is 9.47 Å². The molecular weight excluding hydrogens is 324 g/mol. The number of nitrogens with zero attached hydrogens (tertiary/aromatic N) is 2. The molecule has 24 heavy (non-hydrogen) atoms. The Labute approximate surface area is 146 Å². The number of hydrogen-bond acceptors (Lipinski definition) is 5. The van der Waals surface area contributed by atoms with E-state index in [9.17, 15) is 0 Å². The zero-order valence-corrected chi connectivity index (χ0v) is 14.9. The Balaban J connectivity index is 1.83. The maximum Gasteiger partial charge on any atom is 0.191 e. The summed E-state index contributed by atoms with van der Waals surface area (Å²) in [6, 6.07) is 8.10. The van der Waals surface area contributed by atoms with Crippen LogP contribution in [-0.2, 0) is 17.7 Å². The van der Waals surface area contributed by atoms with E-state index in [1.807, 2.05) is 17.5 Å². The van der Waals surface area contributed by atoms with Gasteiger partial charge in [0.05, 0.1) is 20.3 Å². The fourth-order valence-corrected chi connectivity index (χ4v) is 2.58. The number of methoxy groups -OCH3 is 2. The molecule has 0 atom stereocenters. The highest BCUT2D eigenvalue weighted by Gasteiger charge is 2.01. The lowest BCUT2D eigenvalue weighted by Gasteiger charge is -2.12. The number of ether oxygens (including phenoxy) is 2. The van der Waals surface area contributed by atoms with Crippen molar-refractivity contribution < 1.29 is 9.47 Å². The van der Waals surface area contributed by atoms with Crippen molar-refractivity contribution in [2.45, 2.75) is 13.0 Å². The Bertz CT molecular complexity index is 600. The molecule has 0 spiro atoms. The monoisotopic (exact) mass is 348 g/mol. The molecule has 0 saturated carbocycles. The van der Waals surface area contributed by atoms with Crippen LogP contribution in [-0.4, -0.2) is 44.9 Å². The first-order valence-electron chi connectivity index (χ1n) is 7.84. The fraction of sp³-hybridized carbons (Fsp3) is 0.412. The number of hydrogen-bond donors (Lipinski definition) is 2. The molecule has 0 aliphatic carbocycles. The van der Waals surface area contributed by atoms with Gasteiger partial charge in [0.15, 0.2) is 5.96 Å². The molecule has 0 unspecified atom stereocenters. The van der Waals surface area contributed by atoms with E-state index < -0.39 is 0 Å². The van der Waals surface area contributed by atoms with Gasteiger partial charge < -0.3 is 20.1 Å². The van der Waals surface area contributed by atoms with Crippen molar-refractivity contribution in [2.24, 2.45) is 4.99 Å². The lowest BCUT2D eigenvalue weighted by molar-refractivity contribution is 0.203.